The summed E-state index contributed by atoms with van der Waals surface area (Å²) in [5.74, 6) is 0.549. The molecule has 2 aliphatic rings. The molecule has 0 bridgehead atoms. The van der Waals surface area contributed by atoms with Crippen LogP contribution in [-0.2, 0) is 9.59 Å². The molecule has 1 aliphatic carbocycles. The monoisotopic (exact) mass is 358 g/mol. The van der Waals surface area contributed by atoms with Gasteiger partial charge in [-0.15, -0.1) is 10.2 Å². The van der Waals surface area contributed by atoms with E-state index in [4.69, 9.17) is 4.74 Å². The van der Waals surface area contributed by atoms with E-state index in [-0.39, 0.29) is 18.2 Å². The summed E-state index contributed by atoms with van der Waals surface area (Å²) >= 11 is 1.42. The van der Waals surface area contributed by atoms with Crippen LogP contribution in [0.25, 0.3) is 0 Å². The molecule has 25 heavy (non-hydrogen) atoms. The van der Waals surface area contributed by atoms with Crippen molar-refractivity contribution in [2.75, 3.05) is 23.9 Å². The van der Waals surface area contributed by atoms with Crippen LogP contribution in [0.5, 0.6) is 5.75 Å². The largest absolute Gasteiger partial charge is 0.497 e. The first kappa shape index (κ1) is 16.0. The van der Waals surface area contributed by atoms with Gasteiger partial charge in [-0.1, -0.05) is 17.4 Å². The van der Waals surface area contributed by atoms with E-state index in [0.717, 1.165) is 23.5 Å². The van der Waals surface area contributed by atoms with Crippen LogP contribution in [0.4, 0.5) is 10.8 Å². The lowest BCUT2D eigenvalue weighted by Gasteiger charge is -2.17. The van der Waals surface area contributed by atoms with E-state index in [2.05, 4.69) is 15.5 Å². The van der Waals surface area contributed by atoms with Crippen molar-refractivity contribution in [3.8, 4) is 5.75 Å². The van der Waals surface area contributed by atoms with Crippen molar-refractivity contribution in [3.05, 3.63) is 29.3 Å². The third-order valence-corrected chi connectivity index (χ3v) is 5.46. The molecule has 2 aromatic rings. The first-order valence-corrected chi connectivity index (χ1v) is 9.04. The van der Waals surface area contributed by atoms with E-state index in [9.17, 15) is 9.59 Å². The summed E-state index contributed by atoms with van der Waals surface area (Å²) in [6.07, 6.45) is 2.49. The maximum absolute atomic E-state index is 12.5. The van der Waals surface area contributed by atoms with Crippen LogP contribution in [0.15, 0.2) is 24.3 Å². The van der Waals surface area contributed by atoms with Gasteiger partial charge in [0.2, 0.25) is 16.9 Å². The number of carbonyl (C=O) groups excluding carboxylic acids is 2. The molecule has 0 spiro atoms. The number of methoxy groups -OCH3 is 1. The molecule has 2 fully saturated rings. The van der Waals surface area contributed by atoms with Gasteiger partial charge in [0, 0.05) is 30.6 Å². The van der Waals surface area contributed by atoms with Gasteiger partial charge in [-0.05, 0) is 25.0 Å². The molecule has 1 aromatic heterocycles. The fourth-order valence-corrected chi connectivity index (χ4v) is 3.81. The van der Waals surface area contributed by atoms with Crippen LogP contribution in [0.3, 0.4) is 0 Å². The van der Waals surface area contributed by atoms with Gasteiger partial charge in [0.15, 0.2) is 0 Å². The van der Waals surface area contributed by atoms with Crippen molar-refractivity contribution in [2.45, 2.75) is 25.2 Å². The van der Waals surface area contributed by atoms with Crippen molar-refractivity contribution in [3.63, 3.8) is 0 Å². The third-order valence-electron chi connectivity index (χ3n) is 4.46. The molecule has 1 saturated heterocycles. The molecule has 8 heteroatoms. The van der Waals surface area contributed by atoms with E-state index in [1.165, 1.54) is 11.3 Å². The van der Waals surface area contributed by atoms with Crippen molar-refractivity contribution in [2.24, 2.45) is 5.92 Å². The normalized spacial score (nSPS) is 20.0. The highest BCUT2D eigenvalue weighted by Gasteiger charge is 2.36. The lowest BCUT2D eigenvalue weighted by atomic mass is 10.1. The number of aromatic nitrogens is 2. The first-order valence-electron chi connectivity index (χ1n) is 8.22. The molecule has 4 rings (SSSR count). The van der Waals surface area contributed by atoms with Crippen LogP contribution < -0.4 is 15.0 Å². The van der Waals surface area contributed by atoms with Gasteiger partial charge in [0.1, 0.15) is 10.8 Å². The number of carbonyl (C=O) groups is 2. The quantitative estimate of drug-likeness (QED) is 0.887. The number of nitrogens with zero attached hydrogens (tertiary/aromatic N) is 3. The van der Waals surface area contributed by atoms with Crippen LogP contribution in [0.1, 0.15) is 30.2 Å². The molecule has 1 atom stereocenters. The molecule has 1 N–H and O–H groups in total. The van der Waals surface area contributed by atoms with Gasteiger partial charge in [-0.2, -0.15) is 0 Å². The number of hydrogen-bond acceptors (Lipinski definition) is 6. The number of rotatable bonds is 5. The Morgan fingerprint density at radius 2 is 2.20 bits per heavy atom. The summed E-state index contributed by atoms with van der Waals surface area (Å²) in [4.78, 5) is 26.4. The van der Waals surface area contributed by atoms with Crippen molar-refractivity contribution >= 4 is 34.0 Å². The van der Waals surface area contributed by atoms with E-state index in [0.29, 0.717) is 23.3 Å². The van der Waals surface area contributed by atoms with Gasteiger partial charge in [-0.25, -0.2) is 0 Å². The van der Waals surface area contributed by atoms with Gasteiger partial charge in [-0.3, -0.25) is 9.59 Å². The maximum atomic E-state index is 12.5. The molecule has 1 saturated carbocycles. The minimum absolute atomic E-state index is 0.0654. The van der Waals surface area contributed by atoms with Crippen molar-refractivity contribution < 1.29 is 14.3 Å². The molecule has 7 nitrogen and oxygen atoms in total. The Kier molecular flexibility index (Phi) is 4.12. The summed E-state index contributed by atoms with van der Waals surface area (Å²) in [5, 5.41) is 12.4. The lowest BCUT2D eigenvalue weighted by Crippen LogP contribution is -2.28. The molecule has 1 aromatic carbocycles. The molecule has 0 unspecified atom stereocenters. The highest BCUT2D eigenvalue weighted by atomic mass is 32.1. The summed E-state index contributed by atoms with van der Waals surface area (Å²) in [6.45, 7) is 0.353. The second kappa shape index (κ2) is 6.44. The Balaban J connectivity index is 1.42. The van der Waals surface area contributed by atoms with Gasteiger partial charge in [0.05, 0.1) is 13.0 Å². The Hall–Kier alpha value is -2.48. The predicted molar refractivity (Wildman–Crippen MR) is 94.0 cm³/mol. The highest BCUT2D eigenvalue weighted by Crippen LogP contribution is 2.42. The molecular weight excluding hydrogens is 340 g/mol. The Bertz CT molecular complexity index is 818. The minimum atomic E-state index is -0.396. The Morgan fingerprint density at radius 1 is 1.36 bits per heavy atom. The second-order valence-electron chi connectivity index (χ2n) is 6.32. The van der Waals surface area contributed by atoms with Crippen LogP contribution in [-0.4, -0.2) is 35.7 Å². The standard InChI is InChI=1S/C17H18N4O3S/c1-24-13-4-2-3-12(8-13)21-9-11(7-14(21)22)15(23)18-17-20-19-16(25-17)10-5-6-10/h2-4,8,10-11H,5-7,9H2,1H3,(H,18,20,23)/t11-/m1/s1. The molecule has 2 amide bonds. The smallest absolute Gasteiger partial charge is 0.231 e. The van der Waals surface area contributed by atoms with Crippen LogP contribution in [0, 0.1) is 5.92 Å². The molecule has 130 valence electrons. The van der Waals surface area contributed by atoms with Crippen molar-refractivity contribution in [1.82, 2.24) is 10.2 Å². The zero-order chi connectivity index (χ0) is 17.4. The maximum Gasteiger partial charge on any atom is 0.231 e. The first-order chi connectivity index (χ1) is 12.1. The average molecular weight is 358 g/mol. The molecule has 1 aliphatic heterocycles. The number of benzene rings is 1. The summed E-state index contributed by atoms with van der Waals surface area (Å²) in [5.41, 5.74) is 0.742. The SMILES string of the molecule is COc1cccc(N2C[C@H](C(=O)Nc3nnc(C4CC4)s3)CC2=O)c1. The zero-order valence-corrected chi connectivity index (χ0v) is 14.6. The predicted octanol–water partition coefficient (Wildman–Crippen LogP) is 2.42. The average Bonchev–Trinajstić information content (AvgIpc) is 3.25. The molecular formula is C17H18N4O3S. The van der Waals surface area contributed by atoms with Gasteiger partial charge in [0.25, 0.3) is 0 Å². The molecule has 2 heterocycles. The zero-order valence-electron chi connectivity index (χ0n) is 13.8. The summed E-state index contributed by atoms with van der Waals surface area (Å²) < 4.78 is 5.20. The van der Waals surface area contributed by atoms with Crippen LogP contribution >= 0.6 is 11.3 Å². The number of nitrogens with one attached hydrogen (secondary N) is 1. The Labute approximate surface area is 149 Å². The van der Waals surface area contributed by atoms with Crippen molar-refractivity contribution in [1.29, 1.82) is 0 Å². The van der Waals surface area contributed by atoms with Gasteiger partial charge < -0.3 is 15.0 Å². The van der Waals surface area contributed by atoms with E-state index < -0.39 is 5.92 Å². The minimum Gasteiger partial charge on any atom is -0.497 e. The van der Waals surface area contributed by atoms with E-state index in [1.807, 2.05) is 18.2 Å². The van der Waals surface area contributed by atoms with Gasteiger partial charge >= 0.3 is 0 Å². The summed E-state index contributed by atoms with van der Waals surface area (Å²) in [7, 11) is 1.58. The number of hydrogen-bond donors (Lipinski definition) is 1. The number of anilines is 2. The lowest BCUT2D eigenvalue weighted by molar-refractivity contribution is -0.122. The number of amides is 2. The molecule has 0 radical (unpaired) electrons. The highest BCUT2D eigenvalue weighted by molar-refractivity contribution is 7.15. The fourth-order valence-electron chi connectivity index (χ4n) is 2.90. The van der Waals surface area contributed by atoms with E-state index in [1.54, 1.807) is 18.1 Å². The van der Waals surface area contributed by atoms with E-state index >= 15 is 0 Å². The third kappa shape index (κ3) is 3.34. The Morgan fingerprint density at radius 3 is 2.96 bits per heavy atom. The topological polar surface area (TPSA) is 84.4 Å². The second-order valence-corrected chi connectivity index (χ2v) is 7.32. The van der Waals surface area contributed by atoms with Crippen LogP contribution in [0.2, 0.25) is 0 Å². The fraction of sp³-hybridized carbons (Fsp3) is 0.412. The summed E-state index contributed by atoms with van der Waals surface area (Å²) in [6, 6.07) is 7.29. The number of ether oxygens (including phenoxy) is 1.